The highest BCUT2D eigenvalue weighted by Crippen LogP contribution is 2.24. The van der Waals surface area contributed by atoms with Crippen LogP contribution < -0.4 is 0 Å². The molecule has 1 amide bonds. The minimum Gasteiger partial charge on any atom is -0.379 e. The monoisotopic (exact) mass is 376 g/mol. The number of nitrogens with zero attached hydrogens (tertiary/aromatic N) is 2. The minimum absolute atomic E-state index is 0.215. The molecule has 1 aliphatic heterocycles. The number of rotatable bonds is 9. The van der Waals surface area contributed by atoms with E-state index in [4.69, 9.17) is 4.74 Å². The third-order valence-electron chi connectivity index (χ3n) is 4.47. The van der Waals surface area contributed by atoms with Crippen molar-refractivity contribution in [3.8, 4) is 0 Å². The van der Waals surface area contributed by atoms with Crippen molar-refractivity contribution in [3.63, 3.8) is 0 Å². The predicted molar refractivity (Wildman–Crippen MR) is 103 cm³/mol. The van der Waals surface area contributed by atoms with Gasteiger partial charge in [0.25, 0.3) is 0 Å². The molecule has 0 aliphatic carbocycles. The fourth-order valence-electron chi connectivity index (χ4n) is 3.05. The van der Waals surface area contributed by atoms with E-state index in [0.29, 0.717) is 25.6 Å². The molecule has 1 unspecified atom stereocenters. The molecule has 0 bridgehead atoms. The molecule has 0 N–H and O–H groups in total. The Morgan fingerprint density at radius 3 is 3.00 bits per heavy atom. The molecule has 2 heterocycles. The number of carbonyl (C=O) groups is 1. The van der Waals surface area contributed by atoms with Crippen LogP contribution in [0.3, 0.4) is 0 Å². The van der Waals surface area contributed by atoms with E-state index in [1.165, 1.54) is 5.56 Å². The van der Waals surface area contributed by atoms with Gasteiger partial charge in [-0.15, -0.1) is 11.3 Å². The van der Waals surface area contributed by atoms with Crippen LogP contribution in [-0.2, 0) is 9.53 Å². The van der Waals surface area contributed by atoms with Gasteiger partial charge in [-0.3, -0.25) is 4.79 Å². The lowest BCUT2D eigenvalue weighted by Crippen LogP contribution is -2.38. The lowest BCUT2D eigenvalue weighted by atomic mass is 10.0. The quantitative estimate of drug-likeness (QED) is 0.619. The summed E-state index contributed by atoms with van der Waals surface area (Å²) in [6.07, 6.45) is 3.36. The molecule has 1 saturated heterocycles. The van der Waals surface area contributed by atoms with Gasteiger partial charge in [0.05, 0.1) is 19.3 Å². The molecule has 6 heteroatoms. The topological polar surface area (TPSA) is 42.4 Å². The van der Waals surface area contributed by atoms with Crippen molar-refractivity contribution in [1.82, 2.24) is 9.88 Å². The molecule has 2 atom stereocenters. The maximum absolute atomic E-state index is 12.1. The smallest absolute Gasteiger partial charge is 0.223 e. The van der Waals surface area contributed by atoms with E-state index in [0.717, 1.165) is 23.1 Å². The third-order valence-corrected chi connectivity index (χ3v) is 6.41. The van der Waals surface area contributed by atoms with Crippen LogP contribution in [-0.4, -0.2) is 47.3 Å². The second-order valence-electron chi connectivity index (χ2n) is 6.28. The van der Waals surface area contributed by atoms with Gasteiger partial charge in [-0.1, -0.05) is 49.0 Å². The summed E-state index contributed by atoms with van der Waals surface area (Å²) in [6.45, 7) is 4.27. The molecule has 0 radical (unpaired) electrons. The Bertz CT molecular complexity index is 649. The predicted octanol–water partition coefficient (Wildman–Crippen LogP) is 4.05. The summed E-state index contributed by atoms with van der Waals surface area (Å²) in [5, 5.41) is 1.98. The molecule has 1 fully saturated rings. The Labute approximate surface area is 157 Å². The van der Waals surface area contributed by atoms with Gasteiger partial charge in [0.2, 0.25) is 5.91 Å². The van der Waals surface area contributed by atoms with Crippen molar-refractivity contribution in [2.75, 3.05) is 25.5 Å². The number of aromatic nitrogens is 1. The van der Waals surface area contributed by atoms with E-state index in [1.807, 2.05) is 22.5 Å². The maximum atomic E-state index is 12.1. The van der Waals surface area contributed by atoms with Gasteiger partial charge in [-0.25, -0.2) is 4.98 Å². The molecule has 0 saturated carbocycles. The van der Waals surface area contributed by atoms with Crippen molar-refractivity contribution in [2.45, 2.75) is 36.1 Å². The molecular formula is C19H24N2O2S2. The number of thioether (sulfide) groups is 1. The molecule has 0 spiro atoms. The van der Waals surface area contributed by atoms with Gasteiger partial charge in [0, 0.05) is 36.2 Å². The molecule has 25 heavy (non-hydrogen) atoms. The normalized spacial score (nSPS) is 18.7. The van der Waals surface area contributed by atoms with Crippen LogP contribution in [0.5, 0.6) is 0 Å². The molecule has 1 aromatic heterocycles. The summed E-state index contributed by atoms with van der Waals surface area (Å²) < 4.78 is 7.02. The first-order valence-corrected chi connectivity index (χ1v) is 10.5. The number of carbonyl (C=O) groups excluding carboxylic acids is 1. The lowest BCUT2D eigenvalue weighted by Gasteiger charge is -2.25. The molecule has 1 aliphatic rings. The van der Waals surface area contributed by atoms with Crippen LogP contribution in [0, 0.1) is 0 Å². The Kier molecular flexibility index (Phi) is 6.90. The molecule has 1 aromatic carbocycles. The first kappa shape index (κ1) is 18.4. The van der Waals surface area contributed by atoms with E-state index in [9.17, 15) is 4.79 Å². The minimum atomic E-state index is 0.215. The van der Waals surface area contributed by atoms with Crippen molar-refractivity contribution >= 4 is 29.0 Å². The van der Waals surface area contributed by atoms with Gasteiger partial charge in [0.1, 0.15) is 4.34 Å². The van der Waals surface area contributed by atoms with Gasteiger partial charge in [0.15, 0.2) is 0 Å². The average molecular weight is 377 g/mol. The van der Waals surface area contributed by atoms with Gasteiger partial charge in [-0.2, -0.15) is 0 Å². The summed E-state index contributed by atoms with van der Waals surface area (Å²) in [5.41, 5.74) is 1.29. The number of likely N-dealkylation sites (tertiary alicyclic amines) is 1. The highest BCUT2D eigenvalue weighted by atomic mass is 32.2. The summed E-state index contributed by atoms with van der Waals surface area (Å²) >= 11 is 3.36. The number of ether oxygens (including phenoxy) is 1. The van der Waals surface area contributed by atoms with Crippen molar-refractivity contribution < 1.29 is 9.53 Å². The summed E-state index contributed by atoms with van der Waals surface area (Å²) in [7, 11) is 0. The largest absolute Gasteiger partial charge is 0.379 e. The number of hydrogen-bond donors (Lipinski definition) is 0. The van der Waals surface area contributed by atoms with Crippen molar-refractivity contribution in [1.29, 1.82) is 0 Å². The van der Waals surface area contributed by atoms with Crippen LogP contribution in [0.4, 0.5) is 0 Å². The number of amides is 1. The Balaban J connectivity index is 1.42. The van der Waals surface area contributed by atoms with E-state index < -0.39 is 0 Å². The fourth-order valence-corrected chi connectivity index (χ4v) is 4.69. The third kappa shape index (κ3) is 5.30. The summed E-state index contributed by atoms with van der Waals surface area (Å²) in [4.78, 5) is 18.4. The second kappa shape index (κ2) is 9.36. The van der Waals surface area contributed by atoms with E-state index >= 15 is 0 Å². The molecule has 134 valence electrons. The van der Waals surface area contributed by atoms with Gasteiger partial charge >= 0.3 is 0 Å². The molecular weight excluding hydrogens is 352 g/mol. The highest BCUT2D eigenvalue weighted by Gasteiger charge is 2.30. The Morgan fingerprint density at radius 1 is 1.40 bits per heavy atom. The molecule has 2 aromatic rings. The average Bonchev–Trinajstić information content (AvgIpc) is 3.27. The first-order valence-electron chi connectivity index (χ1n) is 8.68. The first-order chi connectivity index (χ1) is 12.2. The van der Waals surface area contributed by atoms with Crippen LogP contribution in [0.25, 0.3) is 0 Å². The molecule has 3 rings (SSSR count). The number of benzene rings is 1. The van der Waals surface area contributed by atoms with Crippen LogP contribution in [0.1, 0.15) is 31.2 Å². The zero-order valence-corrected chi connectivity index (χ0v) is 16.1. The highest BCUT2D eigenvalue weighted by molar-refractivity contribution is 8.01. The van der Waals surface area contributed by atoms with E-state index in [-0.39, 0.29) is 11.9 Å². The van der Waals surface area contributed by atoms with E-state index in [1.54, 1.807) is 23.1 Å². The summed E-state index contributed by atoms with van der Waals surface area (Å²) in [5.74, 6) is 1.51. The number of thiazole rings is 1. The lowest BCUT2D eigenvalue weighted by molar-refractivity contribution is -0.129. The second-order valence-corrected chi connectivity index (χ2v) is 8.51. The molecule has 4 nitrogen and oxygen atoms in total. The van der Waals surface area contributed by atoms with Crippen LogP contribution >= 0.6 is 23.1 Å². The standard InChI is InChI=1S/C19H24N2O2S2/c1-15(16-5-3-2-4-6-16)13-23-14-17-7-8-18(22)21(17)10-12-25-19-20-9-11-24-19/h2-6,9,11,15,17H,7-8,10,12-14H2,1H3/t15?,17-/m1/s1. The fraction of sp³-hybridized carbons (Fsp3) is 0.474. The number of hydrogen-bond acceptors (Lipinski definition) is 5. The van der Waals surface area contributed by atoms with Gasteiger partial charge < -0.3 is 9.64 Å². The zero-order valence-electron chi connectivity index (χ0n) is 14.5. The Hall–Kier alpha value is -1.37. The summed E-state index contributed by atoms with van der Waals surface area (Å²) in [6, 6.07) is 10.6. The van der Waals surface area contributed by atoms with Crippen LogP contribution in [0.2, 0.25) is 0 Å². The SMILES string of the molecule is CC(COC[C@H]1CCC(=O)N1CCSc1nccs1)c1ccccc1. The van der Waals surface area contributed by atoms with Crippen molar-refractivity contribution in [3.05, 3.63) is 47.5 Å². The van der Waals surface area contributed by atoms with Crippen LogP contribution in [0.15, 0.2) is 46.2 Å². The Morgan fingerprint density at radius 2 is 2.24 bits per heavy atom. The maximum Gasteiger partial charge on any atom is 0.223 e. The van der Waals surface area contributed by atoms with E-state index in [2.05, 4.69) is 36.2 Å². The van der Waals surface area contributed by atoms with Crippen molar-refractivity contribution in [2.24, 2.45) is 0 Å². The van der Waals surface area contributed by atoms with Gasteiger partial charge in [-0.05, 0) is 12.0 Å². The zero-order chi connectivity index (χ0) is 17.5.